The number of rotatable bonds is 4. The Kier molecular flexibility index (Phi) is 7.11. The van der Waals surface area contributed by atoms with Gasteiger partial charge in [-0.15, -0.1) is 0 Å². The maximum Gasteiger partial charge on any atom is 0.140 e. The van der Waals surface area contributed by atoms with E-state index in [1.807, 2.05) is 12.1 Å². The molecule has 0 bridgehead atoms. The van der Waals surface area contributed by atoms with Crippen LogP contribution in [0.3, 0.4) is 0 Å². The lowest BCUT2D eigenvalue weighted by Crippen LogP contribution is -2.32. The van der Waals surface area contributed by atoms with Crippen LogP contribution in [0.1, 0.15) is 47.2 Å². The first-order valence-corrected chi connectivity index (χ1v) is 20.4. The summed E-state index contributed by atoms with van der Waals surface area (Å²) in [4.78, 5) is 2.44. The van der Waals surface area contributed by atoms with E-state index in [0.29, 0.717) is 0 Å². The molecule has 280 valence electrons. The first-order valence-electron chi connectivity index (χ1n) is 20.4. The van der Waals surface area contributed by atoms with E-state index in [-0.39, 0.29) is 11.2 Å². The molecule has 1 aliphatic heterocycles. The van der Waals surface area contributed by atoms with Crippen molar-refractivity contribution in [2.24, 2.45) is 0 Å². The number of halogens is 1. The molecule has 9 aromatic rings. The van der Waals surface area contributed by atoms with E-state index in [0.717, 1.165) is 61.6 Å². The van der Waals surface area contributed by atoms with E-state index in [9.17, 15) is 4.39 Å². The van der Waals surface area contributed by atoms with Gasteiger partial charge < -0.3 is 9.64 Å². The molecule has 0 radical (unpaired) electrons. The molecule has 0 N–H and O–H groups in total. The number of hydrogen-bond donors (Lipinski definition) is 0. The van der Waals surface area contributed by atoms with Crippen molar-refractivity contribution in [1.29, 1.82) is 0 Å². The molecule has 1 atom stereocenters. The Hall–Kier alpha value is -7.23. The van der Waals surface area contributed by atoms with Crippen LogP contribution in [-0.4, -0.2) is 0 Å². The van der Waals surface area contributed by atoms with Crippen LogP contribution in [0.4, 0.5) is 21.5 Å². The number of hydrogen-bond acceptors (Lipinski definition) is 2. The Morgan fingerprint density at radius 3 is 1.90 bits per heavy atom. The van der Waals surface area contributed by atoms with Gasteiger partial charge in [0.25, 0.3) is 0 Å². The van der Waals surface area contributed by atoms with Crippen molar-refractivity contribution < 1.29 is 9.13 Å². The lowest BCUT2D eigenvalue weighted by Gasteiger charge is -2.40. The molecule has 3 heteroatoms. The predicted molar refractivity (Wildman–Crippen MR) is 239 cm³/mol. The quantitative estimate of drug-likeness (QED) is 0.177. The van der Waals surface area contributed by atoms with Crippen LogP contribution < -0.4 is 9.64 Å². The zero-order valence-electron chi connectivity index (χ0n) is 32.7. The Morgan fingerprint density at radius 2 is 1.08 bits per heavy atom. The van der Waals surface area contributed by atoms with Gasteiger partial charge in [0.1, 0.15) is 17.3 Å². The number of benzene rings is 9. The van der Waals surface area contributed by atoms with Crippen molar-refractivity contribution >= 4 is 27.8 Å². The molecule has 59 heavy (non-hydrogen) atoms. The van der Waals surface area contributed by atoms with Crippen LogP contribution in [0.5, 0.6) is 11.5 Å². The number of para-hydroxylation sites is 1. The maximum absolute atomic E-state index is 14.0. The molecule has 0 saturated carbocycles. The SMILES string of the molecule is CC1(C)c2ccccc2-c2ccc(N(c3ccc(-c4ccc(F)cc4)cc3)c3cccc4c3-c3ccccc3C43c4ccccc4Oc4c3ccc3ccccc43)cc21. The average Bonchev–Trinajstić information content (AvgIpc) is 3.70. The lowest BCUT2D eigenvalue weighted by atomic mass is 9.65. The second-order valence-electron chi connectivity index (χ2n) is 16.5. The minimum atomic E-state index is -0.629. The fourth-order valence-corrected chi connectivity index (χ4v) is 10.5. The van der Waals surface area contributed by atoms with Crippen LogP contribution in [-0.2, 0) is 10.8 Å². The molecule has 1 unspecified atom stereocenters. The monoisotopic (exact) mass is 759 g/mol. The molecular formula is C56H38FNO. The minimum absolute atomic E-state index is 0.173. The van der Waals surface area contributed by atoms with Gasteiger partial charge in [-0.3, -0.25) is 0 Å². The Labute approximate surface area is 343 Å². The van der Waals surface area contributed by atoms with Gasteiger partial charge in [-0.05, 0) is 104 Å². The molecule has 1 spiro atoms. The standard InChI is InChI=1S/C56H38FNO/c1-55(2)45-16-7-5-14-42(45)43-32-31-40(34-50(43)55)58(39-29-24-36(25-30-39)35-22-27-38(57)28-23-35)51-20-11-19-48-53(51)44-15-6-8-17-46(44)56(48)47-18-9-10-21-52(47)59-54-41-13-4-3-12-37(41)26-33-49(54)56/h3-34H,1-2H3. The van der Waals surface area contributed by atoms with Crippen molar-refractivity contribution in [2.75, 3.05) is 4.90 Å². The van der Waals surface area contributed by atoms with Crippen LogP contribution in [0.25, 0.3) is 44.2 Å². The molecule has 2 aliphatic carbocycles. The van der Waals surface area contributed by atoms with Crippen molar-refractivity contribution in [3.63, 3.8) is 0 Å². The third-order valence-electron chi connectivity index (χ3n) is 13.2. The van der Waals surface area contributed by atoms with E-state index in [1.165, 1.54) is 56.6 Å². The summed E-state index contributed by atoms with van der Waals surface area (Å²) in [6.45, 7) is 4.68. The summed E-state index contributed by atoms with van der Waals surface area (Å²) in [5.74, 6) is 1.54. The highest BCUT2D eigenvalue weighted by Gasteiger charge is 2.52. The van der Waals surface area contributed by atoms with Crippen LogP contribution >= 0.6 is 0 Å². The van der Waals surface area contributed by atoms with Gasteiger partial charge >= 0.3 is 0 Å². The third kappa shape index (κ3) is 4.67. The van der Waals surface area contributed by atoms with Gasteiger partial charge in [0.2, 0.25) is 0 Å². The highest BCUT2D eigenvalue weighted by Crippen LogP contribution is 2.65. The van der Waals surface area contributed by atoms with Gasteiger partial charge in [0.05, 0.1) is 11.1 Å². The van der Waals surface area contributed by atoms with Crippen LogP contribution in [0.2, 0.25) is 0 Å². The molecule has 0 fully saturated rings. The summed E-state index contributed by atoms with van der Waals surface area (Å²) in [6, 6.07) is 68.7. The van der Waals surface area contributed by atoms with E-state index < -0.39 is 5.41 Å². The highest BCUT2D eigenvalue weighted by atomic mass is 19.1. The van der Waals surface area contributed by atoms with Crippen molar-refractivity contribution in [3.05, 3.63) is 233 Å². The molecule has 0 aromatic heterocycles. The first kappa shape index (κ1) is 33.9. The molecule has 1 heterocycles. The largest absolute Gasteiger partial charge is 0.456 e. The second kappa shape index (κ2) is 12.4. The summed E-state index contributed by atoms with van der Waals surface area (Å²) < 4.78 is 20.9. The van der Waals surface area contributed by atoms with E-state index >= 15 is 0 Å². The molecule has 0 amide bonds. The maximum atomic E-state index is 14.0. The number of fused-ring (bicyclic) bond motifs is 14. The van der Waals surface area contributed by atoms with Crippen molar-refractivity contribution in [3.8, 4) is 44.9 Å². The highest BCUT2D eigenvalue weighted by molar-refractivity contribution is 6.01. The molecular weight excluding hydrogens is 722 g/mol. The number of anilines is 3. The average molecular weight is 760 g/mol. The van der Waals surface area contributed by atoms with Crippen LogP contribution in [0.15, 0.2) is 194 Å². The van der Waals surface area contributed by atoms with Crippen molar-refractivity contribution in [2.45, 2.75) is 24.7 Å². The normalized spacial score (nSPS) is 16.1. The van der Waals surface area contributed by atoms with E-state index in [2.05, 4.69) is 189 Å². The number of nitrogens with zero attached hydrogens (tertiary/aromatic N) is 1. The Bertz CT molecular complexity index is 3180. The topological polar surface area (TPSA) is 12.5 Å². The Morgan fingerprint density at radius 1 is 0.458 bits per heavy atom. The summed E-state index contributed by atoms with van der Waals surface area (Å²) in [6.07, 6.45) is 0. The zero-order valence-corrected chi connectivity index (χ0v) is 32.7. The van der Waals surface area contributed by atoms with Crippen molar-refractivity contribution in [1.82, 2.24) is 0 Å². The van der Waals surface area contributed by atoms with Gasteiger partial charge in [0.15, 0.2) is 0 Å². The molecule has 12 rings (SSSR count). The lowest BCUT2D eigenvalue weighted by molar-refractivity contribution is 0.441. The summed E-state index contributed by atoms with van der Waals surface area (Å²) in [5, 5.41) is 2.25. The summed E-state index contributed by atoms with van der Waals surface area (Å²) in [7, 11) is 0. The molecule has 3 aliphatic rings. The van der Waals surface area contributed by atoms with Crippen LogP contribution in [0, 0.1) is 5.82 Å². The molecule has 0 saturated heterocycles. The minimum Gasteiger partial charge on any atom is -0.456 e. The third-order valence-corrected chi connectivity index (χ3v) is 13.2. The molecule has 2 nitrogen and oxygen atoms in total. The zero-order chi connectivity index (χ0) is 39.5. The first-order chi connectivity index (χ1) is 28.9. The Balaban J connectivity index is 1.14. The smallest absolute Gasteiger partial charge is 0.140 e. The fourth-order valence-electron chi connectivity index (χ4n) is 10.5. The van der Waals surface area contributed by atoms with E-state index in [1.54, 1.807) is 0 Å². The van der Waals surface area contributed by atoms with Gasteiger partial charge in [-0.25, -0.2) is 4.39 Å². The summed E-state index contributed by atoms with van der Waals surface area (Å²) >= 11 is 0. The predicted octanol–water partition coefficient (Wildman–Crippen LogP) is 14.9. The van der Waals surface area contributed by atoms with Gasteiger partial charge in [-0.1, -0.05) is 159 Å². The van der Waals surface area contributed by atoms with Gasteiger partial charge in [-0.2, -0.15) is 0 Å². The van der Waals surface area contributed by atoms with Gasteiger partial charge in [0, 0.05) is 38.9 Å². The molecule has 9 aromatic carbocycles. The van der Waals surface area contributed by atoms with E-state index in [4.69, 9.17) is 4.74 Å². The second-order valence-corrected chi connectivity index (χ2v) is 16.5. The fraction of sp³-hybridized carbons (Fsp3) is 0.0714. The summed E-state index contributed by atoms with van der Waals surface area (Å²) in [5.41, 5.74) is 16.8. The number of ether oxygens (including phenoxy) is 1.